The van der Waals surface area contributed by atoms with Crippen molar-refractivity contribution < 1.29 is 0 Å². The van der Waals surface area contributed by atoms with E-state index in [0.717, 1.165) is 11.4 Å². The van der Waals surface area contributed by atoms with E-state index in [-0.39, 0.29) is 0 Å². The molecule has 0 aliphatic carbocycles. The van der Waals surface area contributed by atoms with Crippen LogP contribution in [0.5, 0.6) is 0 Å². The topological polar surface area (TPSA) is 3.24 Å². The third-order valence-corrected chi connectivity index (χ3v) is 7.09. The summed E-state index contributed by atoms with van der Waals surface area (Å²) in [5, 5.41) is 0. The fourth-order valence-corrected chi connectivity index (χ4v) is 4.89. The molecule has 0 amide bonds. The quantitative estimate of drug-likeness (QED) is 0.283. The Morgan fingerprint density at radius 3 is 1.88 bits per heavy atom. The molecule has 0 aliphatic heterocycles. The molecular weight excluding hydrogens is 418 g/mol. The van der Waals surface area contributed by atoms with Crippen LogP contribution in [0.1, 0.15) is 44.5 Å². The lowest BCUT2D eigenvalue weighted by Crippen LogP contribution is -2.10. The predicted molar refractivity (Wildman–Crippen MR) is 148 cm³/mol. The minimum absolute atomic E-state index is 1.15. The molecule has 0 N–H and O–H groups in total. The summed E-state index contributed by atoms with van der Waals surface area (Å²) in [5.74, 6) is 0. The number of aryl methyl sites for hydroxylation is 4. The Balaban J connectivity index is 1.65. The smallest absolute Gasteiger partial charge is 0.0464 e. The first-order valence-corrected chi connectivity index (χ1v) is 12.2. The molecule has 0 atom stereocenters. The van der Waals surface area contributed by atoms with Crippen molar-refractivity contribution in [2.45, 2.75) is 34.6 Å². The summed E-state index contributed by atoms with van der Waals surface area (Å²) in [7, 11) is 0. The van der Waals surface area contributed by atoms with Crippen LogP contribution >= 0.6 is 11.3 Å². The monoisotopic (exact) mass is 449 g/mol. The second-order valence-electron chi connectivity index (χ2n) is 8.56. The molecule has 3 aromatic carbocycles. The van der Waals surface area contributed by atoms with Gasteiger partial charge in [0.1, 0.15) is 0 Å². The third kappa shape index (κ3) is 5.35. The van der Waals surface area contributed by atoms with E-state index < -0.39 is 0 Å². The molecule has 0 aliphatic rings. The Morgan fingerprint density at radius 2 is 1.24 bits per heavy atom. The number of hydrogen-bond acceptors (Lipinski definition) is 2. The van der Waals surface area contributed by atoms with Gasteiger partial charge in [0.05, 0.1) is 0 Å². The van der Waals surface area contributed by atoms with Crippen molar-refractivity contribution in [1.82, 2.24) is 0 Å². The van der Waals surface area contributed by atoms with E-state index in [2.05, 4.69) is 137 Å². The highest BCUT2D eigenvalue weighted by Crippen LogP contribution is 2.35. The first kappa shape index (κ1) is 22.8. The fourth-order valence-electron chi connectivity index (χ4n) is 3.84. The molecule has 0 unspecified atom stereocenters. The largest absolute Gasteiger partial charge is 0.310 e. The molecule has 0 bridgehead atoms. The lowest BCUT2D eigenvalue weighted by atomic mass is 10.1. The molecular formula is C31H31NS. The van der Waals surface area contributed by atoms with Gasteiger partial charge in [0.15, 0.2) is 0 Å². The molecule has 166 valence electrons. The standard InChI is InChI=1S/C31H31NS/c1-6-7-31-25(5)21-30(33-31)19-13-26-11-17-28(18-12-26)32(27-14-8-22(2)9-15-27)29-16-10-23(3)24(4)20-29/h6-21H,1-5H3. The molecule has 1 nitrogen and oxygen atoms in total. The molecule has 4 aromatic rings. The highest BCUT2D eigenvalue weighted by Gasteiger charge is 2.13. The Bertz CT molecular complexity index is 1290. The van der Waals surface area contributed by atoms with Crippen molar-refractivity contribution >= 4 is 46.6 Å². The Kier molecular flexibility index (Phi) is 6.96. The third-order valence-electron chi connectivity index (χ3n) is 5.93. The Hall–Kier alpha value is -3.36. The van der Waals surface area contributed by atoms with Gasteiger partial charge in [0.25, 0.3) is 0 Å². The number of anilines is 3. The number of nitrogens with zero attached hydrogens (tertiary/aromatic N) is 1. The van der Waals surface area contributed by atoms with E-state index in [1.165, 1.54) is 43.3 Å². The molecule has 1 heterocycles. The van der Waals surface area contributed by atoms with Gasteiger partial charge in [-0.2, -0.15) is 0 Å². The second-order valence-corrected chi connectivity index (χ2v) is 9.68. The van der Waals surface area contributed by atoms with Gasteiger partial charge in [-0.3, -0.25) is 0 Å². The van der Waals surface area contributed by atoms with Crippen LogP contribution in [0.25, 0.3) is 18.2 Å². The van der Waals surface area contributed by atoms with E-state index in [1.54, 1.807) is 0 Å². The average Bonchev–Trinajstić information content (AvgIpc) is 3.16. The normalized spacial score (nSPS) is 11.5. The van der Waals surface area contributed by atoms with E-state index in [9.17, 15) is 0 Å². The zero-order chi connectivity index (χ0) is 23.4. The van der Waals surface area contributed by atoms with Gasteiger partial charge in [-0.15, -0.1) is 11.3 Å². The summed E-state index contributed by atoms with van der Waals surface area (Å²) in [5.41, 5.74) is 9.89. The molecule has 0 radical (unpaired) electrons. The van der Waals surface area contributed by atoms with Gasteiger partial charge < -0.3 is 4.90 Å². The lowest BCUT2D eigenvalue weighted by molar-refractivity contribution is 1.24. The summed E-state index contributed by atoms with van der Waals surface area (Å²) < 4.78 is 0. The predicted octanol–water partition coefficient (Wildman–Crippen LogP) is 9.66. The maximum Gasteiger partial charge on any atom is 0.0464 e. The fraction of sp³-hybridized carbons (Fsp3) is 0.161. The van der Waals surface area contributed by atoms with Crippen LogP contribution in [0.3, 0.4) is 0 Å². The average molecular weight is 450 g/mol. The van der Waals surface area contributed by atoms with Gasteiger partial charge in [-0.1, -0.05) is 48.0 Å². The van der Waals surface area contributed by atoms with Crippen molar-refractivity contribution in [2.24, 2.45) is 0 Å². The van der Waals surface area contributed by atoms with Crippen LogP contribution < -0.4 is 4.90 Å². The van der Waals surface area contributed by atoms with Crippen LogP contribution in [0.4, 0.5) is 17.1 Å². The summed E-state index contributed by atoms with van der Waals surface area (Å²) in [6.45, 7) is 10.7. The van der Waals surface area contributed by atoms with Gasteiger partial charge in [-0.05, 0) is 111 Å². The first-order chi connectivity index (χ1) is 15.9. The van der Waals surface area contributed by atoms with Gasteiger partial charge in [0, 0.05) is 26.8 Å². The minimum atomic E-state index is 1.15. The molecule has 0 saturated carbocycles. The van der Waals surface area contributed by atoms with Crippen LogP contribution in [0.15, 0.2) is 78.9 Å². The zero-order valence-corrected chi connectivity index (χ0v) is 20.9. The van der Waals surface area contributed by atoms with Crippen molar-refractivity contribution in [1.29, 1.82) is 0 Å². The second kappa shape index (κ2) is 10.1. The van der Waals surface area contributed by atoms with Crippen molar-refractivity contribution in [3.63, 3.8) is 0 Å². The molecule has 1 aromatic heterocycles. The molecule has 4 rings (SSSR count). The number of rotatable bonds is 6. The zero-order valence-electron chi connectivity index (χ0n) is 20.1. The van der Waals surface area contributed by atoms with E-state index in [1.807, 2.05) is 11.3 Å². The number of hydrogen-bond donors (Lipinski definition) is 0. The highest BCUT2D eigenvalue weighted by atomic mass is 32.1. The molecule has 0 spiro atoms. The molecule has 2 heteroatoms. The molecule has 33 heavy (non-hydrogen) atoms. The van der Waals surface area contributed by atoms with Crippen molar-refractivity contribution in [3.8, 4) is 0 Å². The van der Waals surface area contributed by atoms with E-state index in [0.29, 0.717) is 0 Å². The number of benzene rings is 3. The van der Waals surface area contributed by atoms with E-state index in [4.69, 9.17) is 0 Å². The van der Waals surface area contributed by atoms with Crippen LogP contribution in [-0.2, 0) is 0 Å². The Labute approximate surface area is 202 Å². The van der Waals surface area contributed by atoms with E-state index >= 15 is 0 Å². The van der Waals surface area contributed by atoms with Gasteiger partial charge in [0.2, 0.25) is 0 Å². The summed E-state index contributed by atoms with van der Waals surface area (Å²) >= 11 is 1.83. The Morgan fingerprint density at radius 1 is 0.606 bits per heavy atom. The van der Waals surface area contributed by atoms with Crippen LogP contribution in [0, 0.1) is 27.7 Å². The van der Waals surface area contributed by atoms with Crippen LogP contribution in [-0.4, -0.2) is 0 Å². The lowest BCUT2D eigenvalue weighted by Gasteiger charge is -2.26. The number of thiophene rings is 1. The molecule has 0 saturated heterocycles. The van der Waals surface area contributed by atoms with Crippen molar-refractivity contribution in [3.05, 3.63) is 116 Å². The maximum atomic E-state index is 2.32. The van der Waals surface area contributed by atoms with Crippen molar-refractivity contribution in [2.75, 3.05) is 4.90 Å². The minimum Gasteiger partial charge on any atom is -0.310 e. The maximum absolute atomic E-state index is 2.32. The van der Waals surface area contributed by atoms with Gasteiger partial charge in [-0.25, -0.2) is 0 Å². The first-order valence-electron chi connectivity index (χ1n) is 11.4. The number of allylic oxidation sites excluding steroid dienone is 1. The molecule has 0 fully saturated rings. The summed E-state index contributed by atoms with van der Waals surface area (Å²) in [6, 6.07) is 26.5. The van der Waals surface area contributed by atoms with Gasteiger partial charge >= 0.3 is 0 Å². The van der Waals surface area contributed by atoms with Crippen LogP contribution in [0.2, 0.25) is 0 Å². The SMILES string of the molecule is CC=Cc1sc(C=Cc2ccc(N(c3ccc(C)cc3)c3ccc(C)c(C)c3)cc2)cc1C. The summed E-state index contributed by atoms with van der Waals surface area (Å²) in [4.78, 5) is 4.93. The highest BCUT2D eigenvalue weighted by molar-refractivity contribution is 7.14. The summed E-state index contributed by atoms with van der Waals surface area (Å²) in [6.07, 6.45) is 8.68.